The first-order valence-corrected chi connectivity index (χ1v) is 7.10. The van der Waals surface area contributed by atoms with E-state index in [4.69, 9.17) is 4.74 Å². The van der Waals surface area contributed by atoms with Crippen molar-refractivity contribution in [3.8, 4) is 5.75 Å². The minimum Gasteiger partial charge on any atom is -0.494 e. The van der Waals surface area contributed by atoms with Crippen LogP contribution >= 0.6 is 0 Å². The number of hydrogen-bond donors (Lipinski definition) is 2. The zero-order chi connectivity index (χ0) is 17.3. The summed E-state index contributed by atoms with van der Waals surface area (Å²) in [7, 11) is 0. The van der Waals surface area contributed by atoms with E-state index in [2.05, 4.69) is 5.32 Å². The second-order valence-electron chi connectivity index (χ2n) is 4.87. The molecule has 0 aliphatic carbocycles. The van der Waals surface area contributed by atoms with Gasteiger partial charge in [-0.25, -0.2) is 0 Å². The molecule has 128 valence electrons. The van der Waals surface area contributed by atoms with E-state index in [1.165, 1.54) is 0 Å². The van der Waals surface area contributed by atoms with Crippen LogP contribution in [0.5, 0.6) is 5.75 Å². The van der Waals surface area contributed by atoms with E-state index in [0.29, 0.717) is 18.8 Å². The molecule has 1 aromatic rings. The van der Waals surface area contributed by atoms with Crippen LogP contribution in [-0.4, -0.2) is 37.7 Å². The van der Waals surface area contributed by atoms with E-state index in [1.54, 1.807) is 5.32 Å². The Kier molecular flexibility index (Phi) is 7.37. The molecule has 1 aromatic carbocycles. The van der Waals surface area contributed by atoms with E-state index >= 15 is 0 Å². The fourth-order valence-electron chi connectivity index (χ4n) is 1.62. The molecule has 8 heteroatoms. The van der Waals surface area contributed by atoms with Crippen LogP contribution in [0.1, 0.15) is 18.4 Å². The molecule has 0 aliphatic rings. The van der Waals surface area contributed by atoms with Crippen LogP contribution in [0.15, 0.2) is 24.3 Å². The number of nitrogens with one attached hydrogen (secondary N) is 2. The highest BCUT2D eigenvalue weighted by molar-refractivity contribution is 5.81. The smallest absolute Gasteiger partial charge is 0.471 e. The van der Waals surface area contributed by atoms with Crippen molar-refractivity contribution in [2.75, 3.05) is 19.7 Å². The highest BCUT2D eigenvalue weighted by atomic mass is 19.4. The molecule has 0 spiro atoms. The quantitative estimate of drug-likeness (QED) is 0.715. The standard InChI is InChI=1S/C15H19F3N2O3/c1-11-4-6-12(7-5-11)23-10-2-3-13(21)19-8-9-20-14(22)15(16,17)18/h4-7H,2-3,8-10H2,1H3,(H,19,21)(H,20,22). The number of carbonyl (C=O) groups excluding carboxylic acids is 2. The van der Waals surface area contributed by atoms with Gasteiger partial charge >= 0.3 is 12.1 Å². The fourth-order valence-corrected chi connectivity index (χ4v) is 1.62. The van der Waals surface area contributed by atoms with Gasteiger partial charge in [0.1, 0.15) is 5.75 Å². The molecule has 0 bridgehead atoms. The molecule has 23 heavy (non-hydrogen) atoms. The van der Waals surface area contributed by atoms with Gasteiger partial charge in [0.05, 0.1) is 6.61 Å². The van der Waals surface area contributed by atoms with Gasteiger partial charge in [0, 0.05) is 19.5 Å². The van der Waals surface area contributed by atoms with Gasteiger partial charge in [0.15, 0.2) is 0 Å². The molecule has 0 radical (unpaired) electrons. The molecule has 0 heterocycles. The topological polar surface area (TPSA) is 67.4 Å². The van der Waals surface area contributed by atoms with E-state index in [9.17, 15) is 22.8 Å². The maximum Gasteiger partial charge on any atom is 0.471 e. The highest BCUT2D eigenvalue weighted by Gasteiger charge is 2.38. The van der Waals surface area contributed by atoms with Crippen LogP contribution in [-0.2, 0) is 9.59 Å². The molecule has 0 fully saturated rings. The summed E-state index contributed by atoms with van der Waals surface area (Å²) in [6, 6.07) is 7.49. The molecule has 0 saturated carbocycles. The van der Waals surface area contributed by atoms with Crippen molar-refractivity contribution in [1.82, 2.24) is 10.6 Å². The number of halogens is 3. The van der Waals surface area contributed by atoms with Crippen molar-refractivity contribution in [1.29, 1.82) is 0 Å². The summed E-state index contributed by atoms with van der Waals surface area (Å²) in [5, 5.41) is 4.09. The Labute approximate surface area is 132 Å². The van der Waals surface area contributed by atoms with Gasteiger partial charge in [-0.05, 0) is 25.5 Å². The van der Waals surface area contributed by atoms with Crippen molar-refractivity contribution in [3.63, 3.8) is 0 Å². The van der Waals surface area contributed by atoms with E-state index in [0.717, 1.165) is 5.56 Å². The molecular weight excluding hydrogens is 313 g/mol. The Morgan fingerprint density at radius 3 is 2.30 bits per heavy atom. The number of hydrogen-bond acceptors (Lipinski definition) is 3. The number of benzene rings is 1. The molecular formula is C15H19F3N2O3. The molecule has 2 N–H and O–H groups in total. The predicted molar refractivity (Wildman–Crippen MR) is 78.0 cm³/mol. The summed E-state index contributed by atoms with van der Waals surface area (Å²) in [6.07, 6.45) is -4.23. The third-order valence-electron chi connectivity index (χ3n) is 2.83. The Hall–Kier alpha value is -2.25. The lowest BCUT2D eigenvalue weighted by Crippen LogP contribution is -2.41. The summed E-state index contributed by atoms with van der Waals surface area (Å²) < 4.78 is 41.1. The minimum atomic E-state index is -4.91. The van der Waals surface area contributed by atoms with Crippen LogP contribution in [0.2, 0.25) is 0 Å². The van der Waals surface area contributed by atoms with Crippen LogP contribution in [0.3, 0.4) is 0 Å². The number of alkyl halides is 3. The molecule has 0 aromatic heterocycles. The van der Waals surface area contributed by atoms with Crippen LogP contribution in [0.4, 0.5) is 13.2 Å². The Morgan fingerprint density at radius 2 is 1.70 bits per heavy atom. The Balaban J connectivity index is 2.06. The van der Waals surface area contributed by atoms with E-state index in [1.807, 2.05) is 31.2 Å². The molecule has 0 aliphatic heterocycles. The normalized spacial score (nSPS) is 11.0. The molecule has 0 unspecified atom stereocenters. The van der Waals surface area contributed by atoms with Gasteiger partial charge < -0.3 is 15.4 Å². The van der Waals surface area contributed by atoms with Crippen molar-refractivity contribution < 1.29 is 27.5 Å². The van der Waals surface area contributed by atoms with Crippen molar-refractivity contribution in [2.45, 2.75) is 25.9 Å². The van der Waals surface area contributed by atoms with Gasteiger partial charge in [-0.1, -0.05) is 17.7 Å². The first kappa shape index (κ1) is 18.8. The summed E-state index contributed by atoms with van der Waals surface area (Å²) in [5.41, 5.74) is 1.12. The number of ether oxygens (including phenoxy) is 1. The highest BCUT2D eigenvalue weighted by Crippen LogP contribution is 2.13. The zero-order valence-corrected chi connectivity index (χ0v) is 12.7. The van der Waals surface area contributed by atoms with Crippen molar-refractivity contribution in [2.24, 2.45) is 0 Å². The average Bonchev–Trinajstić information content (AvgIpc) is 2.48. The number of rotatable bonds is 8. The molecule has 0 saturated heterocycles. The summed E-state index contributed by atoms with van der Waals surface area (Å²) in [4.78, 5) is 21.9. The number of amides is 2. The third kappa shape index (κ3) is 8.08. The molecule has 5 nitrogen and oxygen atoms in total. The van der Waals surface area contributed by atoms with E-state index < -0.39 is 12.1 Å². The maximum absolute atomic E-state index is 11.9. The lowest BCUT2D eigenvalue weighted by atomic mass is 10.2. The van der Waals surface area contributed by atoms with Gasteiger partial charge in [-0.15, -0.1) is 0 Å². The minimum absolute atomic E-state index is 0.0561. The third-order valence-corrected chi connectivity index (χ3v) is 2.83. The first-order valence-electron chi connectivity index (χ1n) is 7.10. The van der Waals surface area contributed by atoms with Crippen LogP contribution in [0.25, 0.3) is 0 Å². The molecule has 2 amide bonds. The maximum atomic E-state index is 11.9. The largest absolute Gasteiger partial charge is 0.494 e. The van der Waals surface area contributed by atoms with Gasteiger partial charge in [0.2, 0.25) is 5.91 Å². The summed E-state index contributed by atoms with van der Waals surface area (Å²) >= 11 is 0. The Morgan fingerprint density at radius 1 is 1.09 bits per heavy atom. The monoisotopic (exact) mass is 332 g/mol. The van der Waals surface area contributed by atoms with Gasteiger partial charge in [-0.3, -0.25) is 9.59 Å². The number of aryl methyl sites for hydroxylation is 1. The van der Waals surface area contributed by atoms with Gasteiger partial charge in [-0.2, -0.15) is 13.2 Å². The van der Waals surface area contributed by atoms with Crippen LogP contribution in [0, 0.1) is 6.92 Å². The molecule has 1 rings (SSSR count). The lowest BCUT2D eigenvalue weighted by Gasteiger charge is -2.09. The first-order chi connectivity index (χ1) is 10.8. The summed E-state index contributed by atoms with van der Waals surface area (Å²) in [5.74, 6) is -1.61. The predicted octanol–water partition coefficient (Wildman–Crippen LogP) is 1.95. The van der Waals surface area contributed by atoms with Crippen LogP contribution < -0.4 is 15.4 Å². The molecule has 0 atom stereocenters. The second kappa shape index (κ2) is 9.02. The SMILES string of the molecule is Cc1ccc(OCCCC(=O)NCCNC(=O)C(F)(F)F)cc1. The van der Waals surface area contributed by atoms with Crippen molar-refractivity contribution in [3.05, 3.63) is 29.8 Å². The zero-order valence-electron chi connectivity index (χ0n) is 12.7. The Bertz CT molecular complexity index is 516. The second-order valence-corrected chi connectivity index (χ2v) is 4.87. The number of carbonyl (C=O) groups is 2. The summed E-state index contributed by atoms with van der Waals surface area (Å²) in [6.45, 7) is 2.00. The lowest BCUT2D eigenvalue weighted by molar-refractivity contribution is -0.173. The van der Waals surface area contributed by atoms with Crippen molar-refractivity contribution >= 4 is 11.8 Å². The fraction of sp³-hybridized carbons (Fsp3) is 0.467. The van der Waals surface area contributed by atoms with E-state index in [-0.39, 0.29) is 25.4 Å². The van der Waals surface area contributed by atoms with Gasteiger partial charge in [0.25, 0.3) is 0 Å². The average molecular weight is 332 g/mol.